The van der Waals surface area contributed by atoms with Gasteiger partial charge in [0.15, 0.2) is 0 Å². The van der Waals surface area contributed by atoms with Crippen LogP contribution in [0.4, 0.5) is 10.1 Å². The average Bonchev–Trinajstić information content (AvgIpc) is 2.43. The number of likely N-dealkylation sites (tertiary alicyclic amines) is 1. The minimum atomic E-state index is -3.84. The topological polar surface area (TPSA) is 75.4 Å². The van der Waals surface area contributed by atoms with Crippen LogP contribution in [0.2, 0.25) is 0 Å². The summed E-state index contributed by atoms with van der Waals surface area (Å²) in [6.07, 6.45) is 2.92. The van der Waals surface area contributed by atoms with Gasteiger partial charge in [0.2, 0.25) is 10.0 Å². The Morgan fingerprint density at radius 1 is 1.38 bits per heavy atom. The number of sulfonamides is 1. The fourth-order valence-electron chi connectivity index (χ4n) is 2.55. The molecule has 0 saturated carbocycles. The Morgan fingerprint density at radius 2 is 2.05 bits per heavy atom. The monoisotopic (exact) mass is 315 g/mol. The smallest absolute Gasteiger partial charge is 0.243 e. The molecule has 0 amide bonds. The van der Waals surface area contributed by atoms with Gasteiger partial charge in [0.05, 0.1) is 0 Å². The zero-order chi connectivity index (χ0) is 15.5. The summed E-state index contributed by atoms with van der Waals surface area (Å²) in [5, 5.41) is 0. The molecule has 2 rings (SSSR count). The number of hydrogen-bond donors (Lipinski definition) is 2. The number of rotatable bonds is 5. The largest absolute Gasteiger partial charge is 0.399 e. The van der Waals surface area contributed by atoms with Crippen LogP contribution >= 0.6 is 0 Å². The summed E-state index contributed by atoms with van der Waals surface area (Å²) in [6, 6.07) is 3.56. The maximum atomic E-state index is 13.6. The van der Waals surface area contributed by atoms with E-state index in [1.165, 1.54) is 6.07 Å². The number of nitrogens with one attached hydrogen (secondary N) is 1. The van der Waals surface area contributed by atoms with Crippen LogP contribution in [0.1, 0.15) is 19.3 Å². The molecular weight excluding hydrogens is 293 g/mol. The Labute approximate surface area is 125 Å². The maximum Gasteiger partial charge on any atom is 0.243 e. The van der Waals surface area contributed by atoms with E-state index >= 15 is 0 Å². The first-order valence-electron chi connectivity index (χ1n) is 7.12. The quantitative estimate of drug-likeness (QED) is 0.806. The van der Waals surface area contributed by atoms with Crippen LogP contribution in [0.5, 0.6) is 0 Å². The van der Waals surface area contributed by atoms with Gasteiger partial charge < -0.3 is 10.6 Å². The van der Waals surface area contributed by atoms with E-state index in [1.54, 1.807) is 0 Å². The number of nitrogens with two attached hydrogens (primary N) is 1. The Hall–Kier alpha value is -1.18. The lowest BCUT2D eigenvalue weighted by Crippen LogP contribution is -2.33. The van der Waals surface area contributed by atoms with Crippen LogP contribution in [-0.2, 0) is 10.0 Å². The maximum absolute atomic E-state index is 13.6. The minimum absolute atomic E-state index is 0.229. The normalized spacial score (nSPS) is 18.0. The predicted molar refractivity (Wildman–Crippen MR) is 80.8 cm³/mol. The third kappa shape index (κ3) is 4.39. The number of anilines is 1. The highest BCUT2D eigenvalue weighted by molar-refractivity contribution is 7.89. The molecule has 0 atom stereocenters. The number of hydrogen-bond acceptors (Lipinski definition) is 4. The number of benzene rings is 1. The number of piperidine rings is 1. The van der Waals surface area contributed by atoms with Gasteiger partial charge in [0.1, 0.15) is 10.7 Å². The Bertz CT molecular complexity index is 584. The fourth-order valence-corrected chi connectivity index (χ4v) is 3.71. The van der Waals surface area contributed by atoms with Crippen LogP contribution in [0.15, 0.2) is 23.1 Å². The van der Waals surface area contributed by atoms with Gasteiger partial charge >= 0.3 is 0 Å². The van der Waals surface area contributed by atoms with Gasteiger partial charge in [-0.25, -0.2) is 17.5 Å². The second-order valence-corrected chi connectivity index (χ2v) is 7.36. The van der Waals surface area contributed by atoms with Crippen molar-refractivity contribution in [3.63, 3.8) is 0 Å². The lowest BCUT2D eigenvalue weighted by Gasteiger charge is -2.28. The highest BCUT2D eigenvalue weighted by Crippen LogP contribution is 2.20. The molecule has 0 spiro atoms. The summed E-state index contributed by atoms with van der Waals surface area (Å²) in [5.41, 5.74) is 5.75. The van der Waals surface area contributed by atoms with Crippen molar-refractivity contribution in [3.05, 3.63) is 24.0 Å². The van der Waals surface area contributed by atoms with Crippen molar-refractivity contribution in [1.82, 2.24) is 9.62 Å². The minimum Gasteiger partial charge on any atom is -0.399 e. The summed E-state index contributed by atoms with van der Waals surface area (Å²) in [6.45, 7) is 2.41. The first-order chi connectivity index (χ1) is 9.88. The summed E-state index contributed by atoms with van der Waals surface area (Å²) in [7, 11) is -1.76. The zero-order valence-corrected chi connectivity index (χ0v) is 13.0. The molecule has 1 aliphatic rings. The van der Waals surface area contributed by atoms with Crippen LogP contribution < -0.4 is 10.5 Å². The van der Waals surface area contributed by atoms with E-state index in [0.29, 0.717) is 12.5 Å². The number of halogens is 1. The van der Waals surface area contributed by atoms with E-state index in [1.807, 2.05) is 0 Å². The molecule has 1 aliphatic heterocycles. The van der Waals surface area contributed by atoms with Crippen molar-refractivity contribution in [1.29, 1.82) is 0 Å². The van der Waals surface area contributed by atoms with Crippen LogP contribution in [0.25, 0.3) is 0 Å². The second-order valence-electron chi connectivity index (χ2n) is 5.62. The van der Waals surface area contributed by atoms with Crippen molar-refractivity contribution >= 4 is 15.7 Å². The number of nitrogen functional groups attached to an aromatic ring is 1. The van der Waals surface area contributed by atoms with Crippen molar-refractivity contribution in [3.8, 4) is 0 Å². The van der Waals surface area contributed by atoms with E-state index in [9.17, 15) is 12.8 Å². The summed E-state index contributed by atoms with van der Waals surface area (Å²) < 4.78 is 40.2. The molecule has 1 saturated heterocycles. The van der Waals surface area contributed by atoms with E-state index < -0.39 is 15.8 Å². The summed E-state index contributed by atoms with van der Waals surface area (Å²) in [5.74, 6) is -0.259. The molecule has 3 N–H and O–H groups in total. The van der Waals surface area contributed by atoms with Crippen molar-refractivity contribution < 1.29 is 12.8 Å². The molecule has 1 aromatic carbocycles. The van der Waals surface area contributed by atoms with Gasteiger partial charge in [-0.15, -0.1) is 0 Å². The van der Waals surface area contributed by atoms with Gasteiger partial charge in [-0.3, -0.25) is 0 Å². The lowest BCUT2D eigenvalue weighted by atomic mass is 9.94. The van der Waals surface area contributed by atoms with Gasteiger partial charge in [0, 0.05) is 12.2 Å². The molecule has 1 heterocycles. The van der Waals surface area contributed by atoms with Crippen molar-refractivity contribution in [2.75, 3.05) is 32.4 Å². The zero-order valence-electron chi connectivity index (χ0n) is 12.2. The third-order valence-electron chi connectivity index (χ3n) is 3.93. The van der Waals surface area contributed by atoms with Gasteiger partial charge in [-0.05, 0) is 63.5 Å². The average molecular weight is 315 g/mol. The van der Waals surface area contributed by atoms with Gasteiger partial charge in [-0.2, -0.15) is 0 Å². The second kappa shape index (κ2) is 6.72. The van der Waals surface area contributed by atoms with Crippen LogP contribution in [0.3, 0.4) is 0 Å². The van der Waals surface area contributed by atoms with Gasteiger partial charge in [-0.1, -0.05) is 0 Å². The Balaban J connectivity index is 1.91. The van der Waals surface area contributed by atoms with Crippen LogP contribution in [-0.4, -0.2) is 40.0 Å². The molecule has 1 fully saturated rings. The van der Waals surface area contributed by atoms with Gasteiger partial charge in [0.25, 0.3) is 0 Å². The third-order valence-corrected chi connectivity index (χ3v) is 5.40. The molecule has 0 aromatic heterocycles. The first kappa shape index (κ1) is 16.2. The Morgan fingerprint density at radius 3 is 2.71 bits per heavy atom. The van der Waals surface area contributed by atoms with Crippen LogP contribution in [0, 0.1) is 11.7 Å². The predicted octanol–water partition coefficient (Wildman–Crippen LogP) is 1.42. The molecule has 21 heavy (non-hydrogen) atoms. The molecule has 7 heteroatoms. The highest BCUT2D eigenvalue weighted by Gasteiger charge is 2.21. The SMILES string of the molecule is CN1CCC(CCNS(=O)(=O)c2cc(N)ccc2F)CC1. The van der Waals surface area contributed by atoms with E-state index in [0.717, 1.165) is 44.5 Å². The molecule has 0 unspecified atom stereocenters. The summed E-state index contributed by atoms with van der Waals surface area (Å²) >= 11 is 0. The fraction of sp³-hybridized carbons (Fsp3) is 0.571. The molecular formula is C14H22FN3O2S. The van der Waals surface area contributed by atoms with E-state index in [-0.39, 0.29) is 10.6 Å². The standard InChI is InChI=1S/C14H22FN3O2S/c1-18-8-5-11(6-9-18)4-7-17-21(19,20)14-10-12(16)2-3-13(14)15/h2-3,10-11,17H,4-9,16H2,1H3. The molecule has 0 aliphatic carbocycles. The highest BCUT2D eigenvalue weighted by atomic mass is 32.2. The molecule has 0 radical (unpaired) electrons. The Kier molecular flexibility index (Phi) is 5.18. The number of nitrogens with zero attached hydrogens (tertiary/aromatic N) is 1. The molecule has 1 aromatic rings. The molecule has 5 nitrogen and oxygen atoms in total. The van der Waals surface area contributed by atoms with Crippen molar-refractivity contribution in [2.45, 2.75) is 24.2 Å². The molecule has 118 valence electrons. The lowest BCUT2D eigenvalue weighted by molar-refractivity contribution is 0.213. The van der Waals surface area contributed by atoms with Crippen molar-refractivity contribution in [2.24, 2.45) is 5.92 Å². The first-order valence-corrected chi connectivity index (χ1v) is 8.60. The van der Waals surface area contributed by atoms with E-state index in [2.05, 4.69) is 16.7 Å². The summed E-state index contributed by atoms with van der Waals surface area (Å²) in [4.78, 5) is 1.88. The van der Waals surface area contributed by atoms with E-state index in [4.69, 9.17) is 5.73 Å². The molecule has 0 bridgehead atoms.